The molecule has 1 amide bonds. The van der Waals surface area contributed by atoms with Crippen molar-refractivity contribution in [2.75, 3.05) is 5.32 Å². The summed E-state index contributed by atoms with van der Waals surface area (Å²) in [5.74, 6) is -1.52. The van der Waals surface area contributed by atoms with E-state index in [9.17, 15) is 28.1 Å². The molecule has 0 bridgehead atoms. The van der Waals surface area contributed by atoms with E-state index in [4.69, 9.17) is 4.74 Å². The lowest BCUT2D eigenvalue weighted by atomic mass is 10.2. The van der Waals surface area contributed by atoms with Gasteiger partial charge in [0.1, 0.15) is 0 Å². The van der Waals surface area contributed by atoms with Crippen molar-refractivity contribution in [1.29, 1.82) is 0 Å². The molecule has 0 saturated carbocycles. The molecule has 1 atom stereocenters. The monoisotopic (exact) mass is 435 g/mol. The maximum absolute atomic E-state index is 12.3. The van der Waals surface area contributed by atoms with Crippen molar-refractivity contribution < 1.29 is 27.7 Å². The van der Waals surface area contributed by atoms with Crippen LogP contribution in [-0.2, 0) is 19.6 Å². The summed E-state index contributed by atoms with van der Waals surface area (Å²) in [6.07, 6.45) is -1.19. The number of esters is 1. The van der Waals surface area contributed by atoms with Crippen molar-refractivity contribution in [3.63, 3.8) is 0 Å². The first-order valence-corrected chi connectivity index (χ1v) is 10.4. The molecular weight excluding hydrogens is 414 g/mol. The van der Waals surface area contributed by atoms with Crippen LogP contribution in [0.1, 0.15) is 31.1 Å². The summed E-state index contributed by atoms with van der Waals surface area (Å²) in [6.45, 7) is 4.68. The second-order valence-corrected chi connectivity index (χ2v) is 8.36. The van der Waals surface area contributed by atoms with Crippen LogP contribution in [0.25, 0.3) is 0 Å². The Kier molecular flexibility index (Phi) is 7.24. The van der Waals surface area contributed by atoms with Crippen molar-refractivity contribution in [3.05, 3.63) is 64.2 Å². The lowest BCUT2D eigenvalue weighted by Crippen LogP contribution is -2.31. The van der Waals surface area contributed by atoms with Crippen molar-refractivity contribution in [2.24, 2.45) is 0 Å². The van der Waals surface area contributed by atoms with Gasteiger partial charge in [-0.05, 0) is 51.1 Å². The molecular formula is C19H21N3O7S. The van der Waals surface area contributed by atoms with Gasteiger partial charge in [0.2, 0.25) is 10.0 Å². The van der Waals surface area contributed by atoms with Crippen LogP contribution in [0, 0.1) is 10.1 Å². The number of anilines is 1. The summed E-state index contributed by atoms with van der Waals surface area (Å²) in [4.78, 5) is 34.5. The van der Waals surface area contributed by atoms with E-state index in [1.165, 1.54) is 49.4 Å². The Hall–Kier alpha value is -3.31. The highest BCUT2D eigenvalue weighted by molar-refractivity contribution is 7.89. The Labute approximate surface area is 173 Å². The van der Waals surface area contributed by atoms with Gasteiger partial charge < -0.3 is 10.1 Å². The molecule has 30 heavy (non-hydrogen) atoms. The fourth-order valence-electron chi connectivity index (χ4n) is 2.36. The normalized spacial score (nSPS) is 12.3. The van der Waals surface area contributed by atoms with E-state index in [2.05, 4.69) is 10.0 Å². The molecule has 2 rings (SSSR count). The summed E-state index contributed by atoms with van der Waals surface area (Å²) in [7, 11) is -3.80. The smallest absolute Gasteiger partial charge is 0.338 e. The van der Waals surface area contributed by atoms with E-state index in [0.717, 1.165) is 6.07 Å². The Balaban J connectivity index is 2.05. The Morgan fingerprint density at radius 3 is 2.27 bits per heavy atom. The SMILES string of the molecule is CC(C)NS(=O)(=O)c1cccc(C(=O)OC(C)C(=O)Nc2ccc([N+](=O)[O-])cc2)c1. The number of rotatable bonds is 8. The number of non-ortho nitro benzene ring substituents is 1. The third-order valence-electron chi connectivity index (χ3n) is 3.77. The minimum absolute atomic E-state index is 0.0309. The molecule has 0 fully saturated rings. The third kappa shape index (κ3) is 6.09. The van der Waals surface area contributed by atoms with Crippen molar-refractivity contribution in [2.45, 2.75) is 37.8 Å². The molecule has 11 heteroatoms. The fraction of sp³-hybridized carbons (Fsp3) is 0.263. The van der Waals surface area contributed by atoms with E-state index in [0.29, 0.717) is 5.69 Å². The van der Waals surface area contributed by atoms with Gasteiger partial charge in [0.25, 0.3) is 11.6 Å². The van der Waals surface area contributed by atoms with Gasteiger partial charge in [-0.3, -0.25) is 14.9 Å². The van der Waals surface area contributed by atoms with Gasteiger partial charge >= 0.3 is 5.97 Å². The first-order valence-electron chi connectivity index (χ1n) is 8.88. The number of nitrogens with zero attached hydrogens (tertiary/aromatic N) is 1. The molecule has 0 radical (unpaired) electrons. The number of nitro groups is 1. The highest BCUT2D eigenvalue weighted by Crippen LogP contribution is 2.17. The number of hydrogen-bond donors (Lipinski definition) is 2. The number of amides is 1. The maximum Gasteiger partial charge on any atom is 0.338 e. The maximum atomic E-state index is 12.3. The number of nitrogens with one attached hydrogen (secondary N) is 2. The highest BCUT2D eigenvalue weighted by Gasteiger charge is 2.22. The second kappa shape index (κ2) is 9.46. The molecule has 0 heterocycles. The molecule has 0 aromatic heterocycles. The zero-order valence-electron chi connectivity index (χ0n) is 16.5. The van der Waals surface area contributed by atoms with Gasteiger partial charge in [-0.15, -0.1) is 0 Å². The summed E-state index contributed by atoms with van der Waals surface area (Å²) in [6, 6.07) is 10.1. The zero-order valence-corrected chi connectivity index (χ0v) is 17.3. The zero-order chi connectivity index (χ0) is 22.5. The summed E-state index contributed by atoms with van der Waals surface area (Å²) >= 11 is 0. The Bertz CT molecular complexity index is 1050. The van der Waals surface area contributed by atoms with Crippen molar-refractivity contribution in [1.82, 2.24) is 4.72 Å². The molecule has 0 aliphatic rings. The molecule has 0 aliphatic carbocycles. The van der Waals surface area contributed by atoms with Crippen LogP contribution in [0.3, 0.4) is 0 Å². The number of benzene rings is 2. The topological polar surface area (TPSA) is 145 Å². The third-order valence-corrected chi connectivity index (χ3v) is 5.43. The van der Waals surface area contributed by atoms with E-state index in [-0.39, 0.29) is 22.2 Å². The van der Waals surface area contributed by atoms with E-state index in [1.54, 1.807) is 13.8 Å². The van der Waals surface area contributed by atoms with Gasteiger partial charge in [-0.25, -0.2) is 17.9 Å². The summed E-state index contributed by atoms with van der Waals surface area (Å²) in [5, 5.41) is 13.1. The Morgan fingerprint density at radius 2 is 1.70 bits per heavy atom. The van der Waals surface area contributed by atoms with E-state index < -0.39 is 32.9 Å². The predicted octanol–water partition coefficient (Wildman–Crippen LogP) is 2.47. The fourth-order valence-corrected chi connectivity index (χ4v) is 3.66. The average Bonchev–Trinajstić information content (AvgIpc) is 2.67. The van der Waals surface area contributed by atoms with Crippen molar-refractivity contribution >= 4 is 33.3 Å². The minimum atomic E-state index is -3.80. The lowest BCUT2D eigenvalue weighted by Gasteiger charge is -2.14. The largest absolute Gasteiger partial charge is 0.449 e. The number of carbonyl (C=O) groups is 2. The van der Waals surface area contributed by atoms with E-state index in [1.807, 2.05) is 0 Å². The summed E-state index contributed by atoms with van der Waals surface area (Å²) in [5.41, 5.74) is 0.132. The van der Waals surface area contributed by atoms with Crippen LogP contribution in [0.15, 0.2) is 53.4 Å². The van der Waals surface area contributed by atoms with Crippen LogP contribution < -0.4 is 10.0 Å². The molecule has 2 aromatic rings. The van der Waals surface area contributed by atoms with Gasteiger partial charge in [0, 0.05) is 23.9 Å². The molecule has 2 N–H and O–H groups in total. The molecule has 160 valence electrons. The summed E-state index contributed by atoms with van der Waals surface area (Å²) < 4.78 is 32.0. The molecule has 1 unspecified atom stereocenters. The van der Waals surface area contributed by atoms with Gasteiger partial charge in [-0.1, -0.05) is 6.07 Å². The molecule has 0 spiro atoms. The van der Waals surface area contributed by atoms with Gasteiger partial charge in [0.05, 0.1) is 15.4 Å². The molecule has 2 aromatic carbocycles. The lowest BCUT2D eigenvalue weighted by molar-refractivity contribution is -0.384. The first-order chi connectivity index (χ1) is 14.0. The predicted molar refractivity (Wildman–Crippen MR) is 109 cm³/mol. The Morgan fingerprint density at radius 1 is 1.07 bits per heavy atom. The number of hydrogen-bond acceptors (Lipinski definition) is 7. The van der Waals surface area contributed by atoms with Crippen LogP contribution in [0.2, 0.25) is 0 Å². The number of sulfonamides is 1. The molecule has 0 aliphatic heterocycles. The van der Waals surface area contributed by atoms with Crippen LogP contribution in [-0.4, -0.2) is 37.4 Å². The van der Waals surface area contributed by atoms with E-state index >= 15 is 0 Å². The minimum Gasteiger partial charge on any atom is -0.449 e. The number of carbonyl (C=O) groups excluding carboxylic acids is 2. The first kappa shape index (κ1) is 23.0. The van der Waals surface area contributed by atoms with Crippen LogP contribution >= 0.6 is 0 Å². The number of ether oxygens (including phenoxy) is 1. The average molecular weight is 435 g/mol. The number of nitro benzene ring substituents is 1. The van der Waals surface area contributed by atoms with Gasteiger partial charge in [0.15, 0.2) is 6.10 Å². The molecule has 0 saturated heterocycles. The van der Waals surface area contributed by atoms with Gasteiger partial charge in [-0.2, -0.15) is 0 Å². The van der Waals surface area contributed by atoms with Crippen molar-refractivity contribution in [3.8, 4) is 0 Å². The second-order valence-electron chi connectivity index (χ2n) is 6.64. The quantitative estimate of drug-likeness (QED) is 0.368. The van der Waals surface area contributed by atoms with Crippen LogP contribution in [0.4, 0.5) is 11.4 Å². The molecule has 10 nitrogen and oxygen atoms in total. The highest BCUT2D eigenvalue weighted by atomic mass is 32.2. The standard InChI is InChI=1S/C19H21N3O7S/c1-12(2)21-30(27,28)17-6-4-5-14(11-17)19(24)29-13(3)18(23)20-15-7-9-16(10-8-15)22(25)26/h4-13,21H,1-3H3,(H,20,23). The van der Waals surface area contributed by atoms with Crippen LogP contribution in [0.5, 0.6) is 0 Å².